The smallest absolute Gasteiger partial charge is 0.119 e. The van der Waals surface area contributed by atoms with E-state index in [4.69, 9.17) is 9.47 Å². The van der Waals surface area contributed by atoms with Crippen LogP contribution in [-0.2, 0) is 0 Å². The van der Waals surface area contributed by atoms with Gasteiger partial charge < -0.3 is 20.1 Å². The zero-order valence-corrected chi connectivity index (χ0v) is 16.1. The Balaban J connectivity index is 1.61. The zero-order chi connectivity index (χ0) is 18.5. The van der Waals surface area contributed by atoms with Crippen molar-refractivity contribution < 1.29 is 9.47 Å². The maximum atomic E-state index is 5.77. The first-order chi connectivity index (χ1) is 12.8. The molecule has 0 aliphatic heterocycles. The number of benzene rings is 2. The van der Waals surface area contributed by atoms with E-state index in [9.17, 15) is 0 Å². The van der Waals surface area contributed by atoms with E-state index in [1.165, 1.54) is 19.3 Å². The lowest BCUT2D eigenvalue weighted by Gasteiger charge is -2.11. The molecular weight excluding hydrogens is 324 g/mol. The van der Waals surface area contributed by atoms with Crippen molar-refractivity contribution in [3.8, 4) is 11.5 Å². The summed E-state index contributed by atoms with van der Waals surface area (Å²) in [6.45, 7) is 7.41. The second-order valence-electron chi connectivity index (χ2n) is 6.24. The van der Waals surface area contributed by atoms with Crippen LogP contribution in [0.2, 0.25) is 0 Å². The summed E-state index contributed by atoms with van der Waals surface area (Å²) in [6.07, 6.45) is 4.92. The fourth-order valence-electron chi connectivity index (χ4n) is 2.64. The minimum atomic E-state index is 0.694. The third-order valence-corrected chi connectivity index (χ3v) is 4.07. The monoisotopic (exact) mass is 356 g/mol. The molecule has 0 spiro atoms. The molecule has 0 heterocycles. The van der Waals surface area contributed by atoms with Crippen molar-refractivity contribution in [2.75, 3.05) is 36.9 Å². The minimum absolute atomic E-state index is 0.694. The van der Waals surface area contributed by atoms with Gasteiger partial charge in [-0.05, 0) is 61.9 Å². The Labute approximate surface area is 157 Å². The van der Waals surface area contributed by atoms with Crippen molar-refractivity contribution in [3.63, 3.8) is 0 Å². The lowest BCUT2D eigenvalue weighted by molar-refractivity contribution is 0.305. The molecule has 142 valence electrons. The fraction of sp³-hybridized carbons (Fsp3) is 0.455. The van der Waals surface area contributed by atoms with Crippen molar-refractivity contribution in [2.24, 2.45) is 0 Å². The summed E-state index contributed by atoms with van der Waals surface area (Å²) in [5.74, 6) is 1.85. The first-order valence-electron chi connectivity index (χ1n) is 9.75. The number of unbranched alkanes of at least 4 members (excludes halogenated alkanes) is 3. The standard InChI is InChI=1S/C22H32N2O2/c1-3-5-6-7-18-26-22-14-10-20(11-15-22)24-17-16-23-19-8-12-21(13-9-19)25-4-2/h8-15,23-24H,3-7,16-18H2,1-2H3. The molecule has 2 aromatic carbocycles. The Kier molecular flexibility index (Phi) is 9.26. The predicted molar refractivity (Wildman–Crippen MR) is 111 cm³/mol. The predicted octanol–water partition coefficient (Wildman–Crippen LogP) is 5.57. The van der Waals surface area contributed by atoms with E-state index in [0.29, 0.717) is 6.61 Å². The number of anilines is 2. The van der Waals surface area contributed by atoms with Gasteiger partial charge in [0, 0.05) is 24.5 Å². The number of nitrogens with one attached hydrogen (secondary N) is 2. The first-order valence-corrected chi connectivity index (χ1v) is 9.75. The SMILES string of the molecule is CCCCCCOc1ccc(NCCNc2ccc(OCC)cc2)cc1. The van der Waals surface area contributed by atoms with Gasteiger partial charge in [0.05, 0.1) is 13.2 Å². The van der Waals surface area contributed by atoms with Crippen LogP contribution < -0.4 is 20.1 Å². The molecule has 2 aromatic rings. The van der Waals surface area contributed by atoms with Gasteiger partial charge in [0.25, 0.3) is 0 Å². The molecule has 0 saturated heterocycles. The summed E-state index contributed by atoms with van der Waals surface area (Å²) in [5, 5.41) is 6.81. The summed E-state index contributed by atoms with van der Waals surface area (Å²) in [6, 6.07) is 16.2. The highest BCUT2D eigenvalue weighted by Crippen LogP contribution is 2.17. The normalized spacial score (nSPS) is 10.4. The molecule has 0 amide bonds. The molecule has 2 rings (SSSR count). The summed E-state index contributed by atoms with van der Waals surface area (Å²) in [4.78, 5) is 0. The molecule has 4 nitrogen and oxygen atoms in total. The first kappa shape index (κ1) is 20.0. The van der Waals surface area contributed by atoms with Gasteiger partial charge in [0.15, 0.2) is 0 Å². The van der Waals surface area contributed by atoms with Gasteiger partial charge >= 0.3 is 0 Å². The van der Waals surface area contributed by atoms with E-state index in [1.807, 2.05) is 43.3 Å². The van der Waals surface area contributed by atoms with Crippen molar-refractivity contribution in [1.82, 2.24) is 0 Å². The lowest BCUT2D eigenvalue weighted by atomic mass is 10.2. The lowest BCUT2D eigenvalue weighted by Crippen LogP contribution is -2.13. The van der Waals surface area contributed by atoms with Gasteiger partial charge in [-0.15, -0.1) is 0 Å². The Morgan fingerprint density at radius 1 is 0.654 bits per heavy atom. The third kappa shape index (κ3) is 7.68. The van der Waals surface area contributed by atoms with Gasteiger partial charge in [-0.2, -0.15) is 0 Å². The highest BCUT2D eigenvalue weighted by Gasteiger charge is 1.97. The number of rotatable bonds is 13. The fourth-order valence-corrected chi connectivity index (χ4v) is 2.64. The molecule has 2 N–H and O–H groups in total. The van der Waals surface area contributed by atoms with E-state index in [1.54, 1.807) is 0 Å². The second-order valence-corrected chi connectivity index (χ2v) is 6.24. The van der Waals surface area contributed by atoms with Crippen molar-refractivity contribution >= 4 is 11.4 Å². The average Bonchev–Trinajstić information content (AvgIpc) is 2.68. The van der Waals surface area contributed by atoms with E-state index < -0.39 is 0 Å². The van der Waals surface area contributed by atoms with Gasteiger partial charge in [0.2, 0.25) is 0 Å². The molecule has 0 atom stereocenters. The second kappa shape index (κ2) is 12.1. The van der Waals surface area contributed by atoms with E-state index >= 15 is 0 Å². The van der Waals surface area contributed by atoms with Crippen molar-refractivity contribution in [1.29, 1.82) is 0 Å². The van der Waals surface area contributed by atoms with Gasteiger partial charge in [-0.3, -0.25) is 0 Å². The van der Waals surface area contributed by atoms with Crippen LogP contribution in [0.3, 0.4) is 0 Å². The highest BCUT2D eigenvalue weighted by molar-refractivity contribution is 5.48. The molecule has 0 unspecified atom stereocenters. The maximum Gasteiger partial charge on any atom is 0.119 e. The van der Waals surface area contributed by atoms with Crippen LogP contribution in [0.5, 0.6) is 11.5 Å². The third-order valence-electron chi connectivity index (χ3n) is 4.07. The van der Waals surface area contributed by atoms with E-state index in [2.05, 4.69) is 29.7 Å². The molecule has 0 bridgehead atoms. The molecule has 0 aliphatic carbocycles. The molecule has 26 heavy (non-hydrogen) atoms. The van der Waals surface area contributed by atoms with Crippen LogP contribution in [0.1, 0.15) is 39.5 Å². The molecule has 0 saturated carbocycles. The largest absolute Gasteiger partial charge is 0.494 e. The van der Waals surface area contributed by atoms with Gasteiger partial charge in [0.1, 0.15) is 11.5 Å². The topological polar surface area (TPSA) is 42.5 Å². The summed E-state index contributed by atoms with van der Waals surface area (Å²) in [7, 11) is 0. The molecule has 0 aliphatic rings. The Bertz CT molecular complexity index is 597. The molecular formula is C22H32N2O2. The minimum Gasteiger partial charge on any atom is -0.494 e. The maximum absolute atomic E-state index is 5.77. The van der Waals surface area contributed by atoms with Crippen molar-refractivity contribution in [3.05, 3.63) is 48.5 Å². The van der Waals surface area contributed by atoms with Gasteiger partial charge in [-0.1, -0.05) is 26.2 Å². The summed E-state index contributed by atoms with van der Waals surface area (Å²) in [5.41, 5.74) is 2.21. The summed E-state index contributed by atoms with van der Waals surface area (Å²) >= 11 is 0. The number of ether oxygens (including phenoxy) is 2. The molecule has 0 aromatic heterocycles. The number of hydrogen-bond donors (Lipinski definition) is 2. The zero-order valence-electron chi connectivity index (χ0n) is 16.1. The van der Waals surface area contributed by atoms with Crippen molar-refractivity contribution in [2.45, 2.75) is 39.5 Å². The Morgan fingerprint density at radius 2 is 1.19 bits per heavy atom. The van der Waals surface area contributed by atoms with Crippen LogP contribution in [0.15, 0.2) is 48.5 Å². The number of hydrogen-bond acceptors (Lipinski definition) is 4. The molecule has 0 fully saturated rings. The highest BCUT2D eigenvalue weighted by atomic mass is 16.5. The average molecular weight is 357 g/mol. The van der Waals surface area contributed by atoms with Crippen LogP contribution in [0, 0.1) is 0 Å². The van der Waals surface area contributed by atoms with E-state index in [0.717, 1.165) is 49.0 Å². The van der Waals surface area contributed by atoms with Gasteiger partial charge in [-0.25, -0.2) is 0 Å². The quantitative estimate of drug-likeness (QED) is 0.461. The van der Waals surface area contributed by atoms with E-state index in [-0.39, 0.29) is 0 Å². The van der Waals surface area contributed by atoms with Crippen LogP contribution in [0.25, 0.3) is 0 Å². The molecule has 4 heteroatoms. The Hall–Kier alpha value is -2.36. The van der Waals surface area contributed by atoms with Crippen LogP contribution in [0.4, 0.5) is 11.4 Å². The van der Waals surface area contributed by atoms with Crippen LogP contribution in [-0.4, -0.2) is 26.3 Å². The Morgan fingerprint density at radius 3 is 1.69 bits per heavy atom. The summed E-state index contributed by atoms with van der Waals surface area (Å²) < 4.78 is 11.2. The van der Waals surface area contributed by atoms with Crippen LogP contribution >= 0.6 is 0 Å². The molecule has 0 radical (unpaired) electrons.